The highest BCUT2D eigenvalue weighted by atomic mass is 35.5. The summed E-state index contributed by atoms with van der Waals surface area (Å²) >= 11 is 12.4. The van der Waals surface area contributed by atoms with Gasteiger partial charge in [0.05, 0.1) is 31.0 Å². The fourth-order valence-electron chi connectivity index (χ4n) is 4.43. The summed E-state index contributed by atoms with van der Waals surface area (Å²) in [5.74, 6) is -2.31. The van der Waals surface area contributed by atoms with Crippen LogP contribution < -0.4 is 4.90 Å². The van der Waals surface area contributed by atoms with Crippen LogP contribution in [0.2, 0.25) is 10.2 Å². The topological polar surface area (TPSA) is 115 Å². The molecule has 0 aliphatic heterocycles. The third-order valence-corrected chi connectivity index (χ3v) is 7.26. The molecule has 3 aromatic heterocycles. The molecule has 2 unspecified atom stereocenters. The van der Waals surface area contributed by atoms with Crippen molar-refractivity contribution in [1.29, 1.82) is 0 Å². The van der Waals surface area contributed by atoms with E-state index < -0.39 is 35.2 Å². The van der Waals surface area contributed by atoms with Crippen LogP contribution in [0.1, 0.15) is 44.7 Å². The Kier molecular flexibility index (Phi) is 9.24. The number of aliphatic hydroxyl groups is 1. The monoisotopic (exact) mass is 634 g/mol. The first-order chi connectivity index (χ1) is 20.3. The van der Waals surface area contributed by atoms with Crippen LogP contribution in [0.3, 0.4) is 0 Å². The van der Waals surface area contributed by atoms with Crippen molar-refractivity contribution >= 4 is 52.5 Å². The molecule has 0 radical (unpaired) electrons. The van der Waals surface area contributed by atoms with Crippen LogP contribution in [0.25, 0.3) is 0 Å². The first-order valence-corrected chi connectivity index (χ1v) is 13.2. The molecule has 1 aromatic carbocycles. The van der Waals surface area contributed by atoms with Crippen molar-refractivity contribution in [2.24, 2.45) is 0 Å². The molecule has 9 nitrogen and oxygen atoms in total. The number of halogens is 5. The van der Waals surface area contributed by atoms with Gasteiger partial charge in [0, 0.05) is 29.5 Å². The molecule has 0 aliphatic carbocycles. The lowest BCUT2D eigenvalue weighted by molar-refractivity contribution is -0.274. The second-order valence-corrected chi connectivity index (χ2v) is 9.98. The molecule has 0 bridgehead atoms. The van der Waals surface area contributed by atoms with E-state index in [1.807, 2.05) is 0 Å². The largest absolute Gasteiger partial charge is 0.465 e. The van der Waals surface area contributed by atoms with E-state index in [0.717, 1.165) is 18.3 Å². The molecule has 0 saturated heterocycles. The number of carbonyl (C=O) groups excluding carboxylic acids is 2. The van der Waals surface area contributed by atoms with E-state index in [0.29, 0.717) is 5.69 Å². The summed E-state index contributed by atoms with van der Waals surface area (Å²) in [5, 5.41) is 10.8. The molecule has 0 fully saturated rings. The first kappa shape index (κ1) is 31.7. The number of hydrogen-bond donors (Lipinski definition) is 1. The Balaban J connectivity index is 1.81. The zero-order valence-electron chi connectivity index (χ0n) is 22.8. The molecule has 3 heterocycles. The molecule has 2 atom stereocenters. The van der Waals surface area contributed by atoms with E-state index in [1.54, 1.807) is 0 Å². The van der Waals surface area contributed by atoms with Crippen molar-refractivity contribution in [3.05, 3.63) is 106 Å². The Morgan fingerprint density at radius 3 is 1.84 bits per heavy atom. The summed E-state index contributed by atoms with van der Waals surface area (Å²) in [4.78, 5) is 37.7. The lowest BCUT2D eigenvalue weighted by atomic mass is 9.78. The molecule has 0 spiro atoms. The van der Waals surface area contributed by atoms with Crippen LogP contribution in [0.4, 0.5) is 30.5 Å². The number of carbonyl (C=O) groups is 2. The molecular formula is C29H23Cl2F3N4O5. The fourth-order valence-corrected chi connectivity index (χ4v) is 4.94. The van der Waals surface area contributed by atoms with Crippen LogP contribution in [0.15, 0.2) is 73.2 Å². The minimum absolute atomic E-state index is 0.0128. The van der Waals surface area contributed by atoms with Gasteiger partial charge in [-0.2, -0.15) is 13.2 Å². The lowest BCUT2D eigenvalue weighted by Crippen LogP contribution is -2.46. The molecule has 224 valence electrons. The maximum atomic E-state index is 14.4. The molecular weight excluding hydrogens is 612 g/mol. The number of benzene rings is 1. The highest BCUT2D eigenvalue weighted by Crippen LogP contribution is 2.50. The normalized spacial score (nSPS) is 13.5. The predicted molar refractivity (Wildman–Crippen MR) is 152 cm³/mol. The number of anilines is 3. The zero-order valence-corrected chi connectivity index (χ0v) is 24.3. The van der Waals surface area contributed by atoms with E-state index in [9.17, 15) is 27.9 Å². The summed E-state index contributed by atoms with van der Waals surface area (Å²) in [6.45, 7) is 1.20. The fraction of sp³-hybridized carbons (Fsp3) is 0.207. The Labute approximate surface area is 253 Å². The summed E-state index contributed by atoms with van der Waals surface area (Å²) in [5.41, 5.74) is -3.21. The van der Waals surface area contributed by atoms with Gasteiger partial charge < -0.3 is 14.6 Å². The Morgan fingerprint density at radius 1 is 0.860 bits per heavy atom. The third kappa shape index (κ3) is 6.26. The predicted octanol–water partition coefficient (Wildman–Crippen LogP) is 6.78. The first-order valence-electron chi connectivity index (χ1n) is 12.4. The zero-order chi connectivity index (χ0) is 31.5. The van der Waals surface area contributed by atoms with Crippen molar-refractivity contribution in [3.8, 4) is 0 Å². The van der Waals surface area contributed by atoms with Crippen molar-refractivity contribution in [1.82, 2.24) is 15.0 Å². The van der Waals surface area contributed by atoms with Gasteiger partial charge in [0.1, 0.15) is 16.8 Å². The maximum absolute atomic E-state index is 14.4. The molecule has 4 rings (SSSR count). The number of nitrogens with zero attached hydrogens (tertiary/aromatic N) is 4. The van der Waals surface area contributed by atoms with E-state index in [1.165, 1.54) is 80.9 Å². The molecule has 4 aromatic rings. The molecule has 43 heavy (non-hydrogen) atoms. The number of methoxy groups -OCH3 is 2. The number of pyridine rings is 3. The summed E-state index contributed by atoms with van der Waals surface area (Å²) in [6.07, 6.45) is -1.49. The SMILES string of the molecule is COC(=O)c1ccc(N(c2ccc(C(C)C(O)(c3ccnc(Cl)c3)C(F)(F)F)c(Cl)c2)c2ccc(C(=O)OC)cn2)nc1. The van der Waals surface area contributed by atoms with Crippen LogP contribution >= 0.6 is 23.2 Å². The summed E-state index contributed by atoms with van der Waals surface area (Å²) in [7, 11) is 2.45. The van der Waals surface area contributed by atoms with Gasteiger partial charge in [-0.15, -0.1) is 0 Å². The number of rotatable bonds is 8. The van der Waals surface area contributed by atoms with Gasteiger partial charge in [-0.3, -0.25) is 4.90 Å². The molecule has 0 saturated carbocycles. The Bertz CT molecular complexity index is 1580. The van der Waals surface area contributed by atoms with Gasteiger partial charge in [-0.25, -0.2) is 24.5 Å². The van der Waals surface area contributed by atoms with Crippen LogP contribution in [0.5, 0.6) is 0 Å². The number of ether oxygens (including phenoxy) is 2. The van der Waals surface area contributed by atoms with E-state index in [-0.39, 0.29) is 38.5 Å². The molecule has 1 N–H and O–H groups in total. The van der Waals surface area contributed by atoms with Gasteiger partial charge >= 0.3 is 18.1 Å². The highest BCUT2D eigenvalue weighted by Gasteiger charge is 2.59. The number of aromatic nitrogens is 3. The van der Waals surface area contributed by atoms with Gasteiger partial charge in [0.15, 0.2) is 5.60 Å². The van der Waals surface area contributed by atoms with Crippen molar-refractivity contribution in [3.63, 3.8) is 0 Å². The third-order valence-electron chi connectivity index (χ3n) is 6.73. The maximum Gasteiger partial charge on any atom is 0.422 e. The van der Waals surface area contributed by atoms with E-state index in [2.05, 4.69) is 15.0 Å². The highest BCUT2D eigenvalue weighted by molar-refractivity contribution is 6.31. The molecule has 0 amide bonds. The molecule has 0 aliphatic rings. The van der Waals surface area contributed by atoms with Gasteiger partial charge in [-0.1, -0.05) is 36.2 Å². The number of alkyl halides is 3. The molecule has 14 heteroatoms. The van der Waals surface area contributed by atoms with Crippen LogP contribution in [-0.2, 0) is 15.1 Å². The second kappa shape index (κ2) is 12.5. The van der Waals surface area contributed by atoms with Crippen LogP contribution in [-0.4, -0.2) is 52.4 Å². The minimum atomic E-state index is -5.11. The summed E-state index contributed by atoms with van der Waals surface area (Å²) in [6, 6.07) is 12.1. The Morgan fingerprint density at radius 2 is 1.42 bits per heavy atom. The van der Waals surface area contributed by atoms with E-state index in [4.69, 9.17) is 32.7 Å². The quantitative estimate of drug-likeness (QED) is 0.165. The summed E-state index contributed by atoms with van der Waals surface area (Å²) < 4.78 is 52.7. The average Bonchev–Trinajstić information content (AvgIpc) is 3.00. The lowest BCUT2D eigenvalue weighted by Gasteiger charge is -2.37. The number of esters is 2. The average molecular weight is 635 g/mol. The van der Waals surface area contributed by atoms with E-state index >= 15 is 0 Å². The number of hydrogen-bond acceptors (Lipinski definition) is 9. The smallest absolute Gasteiger partial charge is 0.422 e. The van der Waals surface area contributed by atoms with Crippen molar-refractivity contribution < 1.29 is 37.3 Å². The van der Waals surface area contributed by atoms with Crippen molar-refractivity contribution in [2.45, 2.75) is 24.6 Å². The Hall–Kier alpha value is -4.26. The second-order valence-electron chi connectivity index (χ2n) is 9.19. The van der Waals surface area contributed by atoms with Gasteiger partial charge in [0.25, 0.3) is 0 Å². The van der Waals surface area contributed by atoms with Crippen molar-refractivity contribution in [2.75, 3.05) is 19.1 Å². The standard InChI is InChI=1S/C29H23Cl2F3N4O5/c1-16(28(41,29(32,33)34)19-10-11-35-23(31)12-19)21-7-6-20(13-22(21)30)38(24-8-4-17(14-36-24)26(39)42-2)25-9-5-18(15-37-25)27(40)43-3/h4-16,41H,1-3H3. The minimum Gasteiger partial charge on any atom is -0.465 e. The van der Waals surface area contributed by atoms with Gasteiger partial charge in [0.2, 0.25) is 0 Å². The van der Waals surface area contributed by atoms with Crippen LogP contribution in [0, 0.1) is 0 Å². The van der Waals surface area contributed by atoms with Gasteiger partial charge in [-0.05, 0) is 59.7 Å².